The topological polar surface area (TPSA) is 77.0 Å². The van der Waals surface area contributed by atoms with Gasteiger partial charge in [-0.1, -0.05) is 15.9 Å². The van der Waals surface area contributed by atoms with Gasteiger partial charge in [0.2, 0.25) is 0 Å². The van der Waals surface area contributed by atoms with Crippen molar-refractivity contribution in [3.63, 3.8) is 0 Å². The van der Waals surface area contributed by atoms with Crippen LogP contribution in [-0.4, -0.2) is 4.98 Å². The van der Waals surface area contributed by atoms with Crippen molar-refractivity contribution in [2.75, 3.05) is 5.73 Å². The van der Waals surface area contributed by atoms with Crippen LogP contribution in [0.4, 0.5) is 10.2 Å². The first kappa shape index (κ1) is 13.9. The lowest BCUT2D eigenvalue weighted by atomic mass is 9.98. The van der Waals surface area contributed by atoms with E-state index in [9.17, 15) is 4.39 Å². The smallest absolute Gasteiger partial charge is 0.128 e. The molecule has 0 radical (unpaired) electrons. The molecule has 1 unspecified atom stereocenters. The van der Waals surface area contributed by atoms with Crippen LogP contribution < -0.4 is 17.0 Å². The van der Waals surface area contributed by atoms with E-state index < -0.39 is 6.04 Å². The van der Waals surface area contributed by atoms with Gasteiger partial charge >= 0.3 is 0 Å². The second-order valence-corrected chi connectivity index (χ2v) is 5.11. The standard InChI is InChI=1S/C13H14BrFN4/c1-7-4-10(13(16)18-6-7)12(19-17)9-5-8(15)2-3-11(9)14/h2-6,12,19H,17H2,1H3,(H2,16,18). The van der Waals surface area contributed by atoms with Gasteiger partial charge in [-0.15, -0.1) is 0 Å². The van der Waals surface area contributed by atoms with E-state index in [1.807, 2.05) is 13.0 Å². The van der Waals surface area contributed by atoms with Gasteiger partial charge in [-0.2, -0.15) is 0 Å². The number of anilines is 1. The zero-order valence-corrected chi connectivity index (χ0v) is 11.9. The van der Waals surface area contributed by atoms with Crippen molar-refractivity contribution in [3.8, 4) is 0 Å². The molecule has 6 heteroatoms. The molecule has 2 aromatic rings. The Labute approximate surface area is 119 Å². The summed E-state index contributed by atoms with van der Waals surface area (Å²) in [5, 5.41) is 0. The number of nitrogens with two attached hydrogens (primary N) is 2. The molecule has 0 saturated carbocycles. The van der Waals surface area contributed by atoms with Gasteiger partial charge in [0.05, 0.1) is 6.04 Å². The Morgan fingerprint density at radius 3 is 2.74 bits per heavy atom. The van der Waals surface area contributed by atoms with Crippen LogP contribution >= 0.6 is 15.9 Å². The summed E-state index contributed by atoms with van der Waals surface area (Å²) in [6, 6.07) is 5.87. The van der Waals surface area contributed by atoms with Crippen LogP contribution in [0.2, 0.25) is 0 Å². The number of aryl methyl sites for hydroxylation is 1. The largest absolute Gasteiger partial charge is 0.383 e. The Hall–Kier alpha value is -1.50. The van der Waals surface area contributed by atoms with E-state index in [1.165, 1.54) is 12.1 Å². The van der Waals surface area contributed by atoms with Crippen LogP contribution in [0.3, 0.4) is 0 Å². The first-order chi connectivity index (χ1) is 9.02. The van der Waals surface area contributed by atoms with Crippen LogP contribution in [0.15, 0.2) is 34.9 Å². The molecule has 0 spiro atoms. The van der Waals surface area contributed by atoms with Gasteiger partial charge in [-0.05, 0) is 42.3 Å². The fourth-order valence-electron chi connectivity index (χ4n) is 1.92. The van der Waals surface area contributed by atoms with Crippen molar-refractivity contribution in [2.45, 2.75) is 13.0 Å². The minimum atomic E-state index is -0.433. The van der Waals surface area contributed by atoms with E-state index in [2.05, 4.69) is 26.3 Å². The molecule has 0 aliphatic heterocycles. The molecular formula is C13H14BrFN4. The average Bonchev–Trinajstić information content (AvgIpc) is 2.38. The first-order valence-electron chi connectivity index (χ1n) is 5.66. The Kier molecular flexibility index (Phi) is 4.14. The number of aromatic nitrogens is 1. The predicted molar refractivity (Wildman–Crippen MR) is 76.7 cm³/mol. The molecule has 0 amide bonds. The summed E-state index contributed by atoms with van der Waals surface area (Å²) in [6.07, 6.45) is 1.67. The number of halogens is 2. The van der Waals surface area contributed by atoms with Gasteiger partial charge in [0.1, 0.15) is 11.6 Å². The lowest BCUT2D eigenvalue weighted by Gasteiger charge is -2.20. The van der Waals surface area contributed by atoms with Crippen molar-refractivity contribution in [3.05, 3.63) is 57.4 Å². The Morgan fingerprint density at radius 1 is 1.32 bits per heavy atom. The molecule has 100 valence electrons. The molecule has 1 atom stereocenters. The summed E-state index contributed by atoms with van der Waals surface area (Å²) in [5.41, 5.74) is 10.9. The van der Waals surface area contributed by atoms with E-state index in [-0.39, 0.29) is 5.82 Å². The van der Waals surface area contributed by atoms with Crippen LogP contribution in [0.1, 0.15) is 22.7 Å². The number of hydrogen-bond acceptors (Lipinski definition) is 4. The maximum atomic E-state index is 13.4. The number of nitrogens with zero attached hydrogens (tertiary/aromatic N) is 1. The fourth-order valence-corrected chi connectivity index (χ4v) is 2.39. The average molecular weight is 325 g/mol. The first-order valence-corrected chi connectivity index (χ1v) is 6.45. The summed E-state index contributed by atoms with van der Waals surface area (Å²) in [7, 11) is 0. The molecule has 0 aliphatic rings. The molecule has 4 nitrogen and oxygen atoms in total. The fraction of sp³-hybridized carbons (Fsp3) is 0.154. The molecule has 0 fully saturated rings. The number of hydrogen-bond donors (Lipinski definition) is 3. The minimum Gasteiger partial charge on any atom is -0.383 e. The molecule has 2 rings (SSSR count). The number of nitrogen functional groups attached to an aromatic ring is 1. The van der Waals surface area contributed by atoms with E-state index in [0.29, 0.717) is 16.9 Å². The Balaban J connectivity index is 2.55. The highest BCUT2D eigenvalue weighted by molar-refractivity contribution is 9.10. The van der Waals surface area contributed by atoms with Crippen molar-refractivity contribution in [2.24, 2.45) is 5.84 Å². The molecule has 1 heterocycles. The van der Waals surface area contributed by atoms with Crippen LogP contribution in [0, 0.1) is 12.7 Å². The molecular weight excluding hydrogens is 311 g/mol. The third-order valence-electron chi connectivity index (χ3n) is 2.83. The van der Waals surface area contributed by atoms with E-state index >= 15 is 0 Å². The zero-order chi connectivity index (χ0) is 14.0. The molecule has 19 heavy (non-hydrogen) atoms. The number of rotatable bonds is 3. The van der Waals surface area contributed by atoms with Gasteiger partial charge in [-0.25, -0.2) is 14.8 Å². The van der Waals surface area contributed by atoms with Crippen molar-refractivity contribution in [1.29, 1.82) is 0 Å². The Bertz CT molecular complexity index is 552. The number of hydrazine groups is 1. The van der Waals surface area contributed by atoms with E-state index in [4.69, 9.17) is 11.6 Å². The molecule has 0 saturated heterocycles. The molecule has 0 aliphatic carbocycles. The monoisotopic (exact) mass is 324 g/mol. The number of nitrogens with one attached hydrogen (secondary N) is 1. The third-order valence-corrected chi connectivity index (χ3v) is 3.56. The van der Waals surface area contributed by atoms with Crippen molar-refractivity contribution < 1.29 is 4.39 Å². The highest BCUT2D eigenvalue weighted by atomic mass is 79.9. The molecule has 1 aromatic heterocycles. The quantitative estimate of drug-likeness (QED) is 0.598. The second kappa shape index (κ2) is 5.64. The third kappa shape index (κ3) is 2.91. The van der Waals surface area contributed by atoms with Crippen molar-refractivity contribution >= 4 is 21.7 Å². The summed E-state index contributed by atoms with van der Waals surface area (Å²) < 4.78 is 14.2. The predicted octanol–water partition coefficient (Wildman–Crippen LogP) is 2.43. The van der Waals surface area contributed by atoms with Gasteiger partial charge in [0, 0.05) is 16.2 Å². The van der Waals surface area contributed by atoms with Gasteiger partial charge in [-0.3, -0.25) is 5.84 Å². The second-order valence-electron chi connectivity index (χ2n) is 4.25. The van der Waals surface area contributed by atoms with Crippen LogP contribution in [0.5, 0.6) is 0 Å². The maximum absolute atomic E-state index is 13.4. The van der Waals surface area contributed by atoms with E-state index in [1.54, 1.807) is 12.3 Å². The lowest BCUT2D eigenvalue weighted by Crippen LogP contribution is -2.30. The minimum absolute atomic E-state index is 0.336. The summed E-state index contributed by atoms with van der Waals surface area (Å²) in [5.74, 6) is 5.63. The number of benzene rings is 1. The van der Waals surface area contributed by atoms with Gasteiger partial charge < -0.3 is 5.73 Å². The lowest BCUT2D eigenvalue weighted by molar-refractivity contribution is 0.603. The number of pyridine rings is 1. The summed E-state index contributed by atoms with van der Waals surface area (Å²) in [6.45, 7) is 1.91. The highest BCUT2D eigenvalue weighted by Crippen LogP contribution is 2.31. The van der Waals surface area contributed by atoms with Crippen molar-refractivity contribution in [1.82, 2.24) is 10.4 Å². The summed E-state index contributed by atoms with van der Waals surface area (Å²) >= 11 is 3.39. The molecule has 1 aromatic carbocycles. The normalized spacial score (nSPS) is 12.4. The molecule has 0 bridgehead atoms. The highest BCUT2D eigenvalue weighted by Gasteiger charge is 2.19. The Morgan fingerprint density at radius 2 is 2.05 bits per heavy atom. The van der Waals surface area contributed by atoms with Gasteiger partial charge in [0.15, 0.2) is 0 Å². The maximum Gasteiger partial charge on any atom is 0.128 e. The van der Waals surface area contributed by atoms with Crippen LogP contribution in [0.25, 0.3) is 0 Å². The van der Waals surface area contributed by atoms with E-state index in [0.717, 1.165) is 10.0 Å². The van der Waals surface area contributed by atoms with Crippen LogP contribution in [-0.2, 0) is 0 Å². The van der Waals surface area contributed by atoms with Gasteiger partial charge in [0.25, 0.3) is 0 Å². The summed E-state index contributed by atoms with van der Waals surface area (Å²) in [4.78, 5) is 4.10. The zero-order valence-electron chi connectivity index (χ0n) is 10.3. The SMILES string of the molecule is Cc1cnc(N)c(C(NN)c2cc(F)ccc2Br)c1. The molecule has 5 N–H and O–H groups in total.